The molecule has 1 aromatic carbocycles. The lowest BCUT2D eigenvalue weighted by atomic mass is 10.1. The molecule has 1 heterocycles. The Morgan fingerprint density at radius 3 is 2.58 bits per heavy atom. The largest absolute Gasteiger partial charge is 0.464 e. The van der Waals surface area contributed by atoms with Gasteiger partial charge >= 0.3 is 5.97 Å². The standard InChI is InChI=1S/C12H7Cl2FN2O2/c1-19-12(18)11-7(14)5-9(16-17-11)10-6(13)3-2-4-8(10)15/h2-5H,1H3. The zero-order chi connectivity index (χ0) is 14.0. The molecule has 2 aromatic rings. The minimum Gasteiger partial charge on any atom is -0.464 e. The maximum absolute atomic E-state index is 13.7. The molecule has 0 saturated carbocycles. The fourth-order valence-electron chi connectivity index (χ4n) is 1.47. The predicted octanol–water partition coefficient (Wildman–Crippen LogP) is 3.38. The van der Waals surface area contributed by atoms with E-state index in [2.05, 4.69) is 14.9 Å². The van der Waals surface area contributed by atoms with Crippen LogP contribution in [-0.4, -0.2) is 23.3 Å². The van der Waals surface area contributed by atoms with Crippen LogP contribution in [0.3, 0.4) is 0 Å². The summed E-state index contributed by atoms with van der Waals surface area (Å²) in [7, 11) is 1.20. The summed E-state index contributed by atoms with van der Waals surface area (Å²) in [4.78, 5) is 11.3. The van der Waals surface area contributed by atoms with Gasteiger partial charge in [0.2, 0.25) is 0 Å². The number of rotatable bonds is 2. The Balaban J connectivity index is 2.54. The highest BCUT2D eigenvalue weighted by Crippen LogP contribution is 2.30. The Morgan fingerprint density at radius 2 is 2.00 bits per heavy atom. The van der Waals surface area contributed by atoms with Crippen LogP contribution in [0.4, 0.5) is 4.39 Å². The molecule has 0 fully saturated rings. The first kappa shape index (κ1) is 13.7. The molecule has 0 N–H and O–H groups in total. The van der Waals surface area contributed by atoms with Crippen LogP contribution >= 0.6 is 23.2 Å². The van der Waals surface area contributed by atoms with E-state index in [-0.39, 0.29) is 27.0 Å². The van der Waals surface area contributed by atoms with Crippen molar-refractivity contribution in [2.24, 2.45) is 0 Å². The molecule has 0 amide bonds. The Morgan fingerprint density at radius 1 is 1.26 bits per heavy atom. The Labute approximate surface area is 118 Å². The van der Waals surface area contributed by atoms with Gasteiger partial charge in [-0.1, -0.05) is 29.3 Å². The van der Waals surface area contributed by atoms with Gasteiger partial charge < -0.3 is 4.74 Å². The van der Waals surface area contributed by atoms with Crippen molar-refractivity contribution in [1.29, 1.82) is 0 Å². The van der Waals surface area contributed by atoms with E-state index in [4.69, 9.17) is 23.2 Å². The number of ether oxygens (including phenoxy) is 1. The van der Waals surface area contributed by atoms with Crippen molar-refractivity contribution in [3.8, 4) is 11.3 Å². The van der Waals surface area contributed by atoms with Gasteiger partial charge in [-0.25, -0.2) is 9.18 Å². The van der Waals surface area contributed by atoms with Gasteiger partial charge in [0.05, 0.1) is 28.4 Å². The first-order valence-corrected chi connectivity index (χ1v) is 5.86. The molecule has 4 nitrogen and oxygen atoms in total. The van der Waals surface area contributed by atoms with E-state index >= 15 is 0 Å². The van der Waals surface area contributed by atoms with Crippen molar-refractivity contribution in [2.75, 3.05) is 7.11 Å². The fourth-order valence-corrected chi connectivity index (χ4v) is 1.95. The molecule has 98 valence electrons. The van der Waals surface area contributed by atoms with Gasteiger partial charge in [-0.2, -0.15) is 0 Å². The van der Waals surface area contributed by atoms with Crippen molar-refractivity contribution < 1.29 is 13.9 Å². The van der Waals surface area contributed by atoms with E-state index in [1.165, 1.54) is 31.4 Å². The van der Waals surface area contributed by atoms with Crippen LogP contribution in [-0.2, 0) is 4.74 Å². The highest BCUT2D eigenvalue weighted by atomic mass is 35.5. The molecule has 0 aliphatic carbocycles. The molecule has 2 rings (SSSR count). The van der Waals surface area contributed by atoms with E-state index in [1.54, 1.807) is 0 Å². The maximum Gasteiger partial charge on any atom is 0.360 e. The molecule has 0 unspecified atom stereocenters. The van der Waals surface area contributed by atoms with Crippen LogP contribution in [0.2, 0.25) is 10.0 Å². The van der Waals surface area contributed by atoms with Crippen molar-refractivity contribution in [2.45, 2.75) is 0 Å². The number of hydrogen-bond donors (Lipinski definition) is 0. The quantitative estimate of drug-likeness (QED) is 0.798. The molecule has 19 heavy (non-hydrogen) atoms. The van der Waals surface area contributed by atoms with Gasteiger partial charge in [-0.3, -0.25) is 0 Å². The fraction of sp³-hybridized carbons (Fsp3) is 0.0833. The normalized spacial score (nSPS) is 10.3. The third-order valence-corrected chi connectivity index (χ3v) is 2.95. The van der Waals surface area contributed by atoms with E-state index in [0.29, 0.717) is 0 Å². The molecule has 0 aliphatic heterocycles. The van der Waals surface area contributed by atoms with Crippen molar-refractivity contribution in [3.05, 3.63) is 45.8 Å². The van der Waals surface area contributed by atoms with Gasteiger partial charge in [0.1, 0.15) is 5.82 Å². The number of hydrogen-bond acceptors (Lipinski definition) is 4. The number of aromatic nitrogens is 2. The number of methoxy groups -OCH3 is 1. The summed E-state index contributed by atoms with van der Waals surface area (Å²) in [6, 6.07) is 5.54. The lowest BCUT2D eigenvalue weighted by Crippen LogP contribution is -2.07. The minimum absolute atomic E-state index is 0.0103. The second-order valence-electron chi connectivity index (χ2n) is 3.51. The van der Waals surface area contributed by atoms with Gasteiger partial charge in [0.15, 0.2) is 5.69 Å². The Bertz CT molecular complexity index is 629. The third kappa shape index (κ3) is 2.67. The summed E-state index contributed by atoms with van der Waals surface area (Å²) >= 11 is 11.8. The molecule has 7 heteroatoms. The van der Waals surface area contributed by atoms with Gasteiger partial charge in [-0.15, -0.1) is 10.2 Å². The molecule has 0 spiro atoms. The van der Waals surface area contributed by atoms with E-state index < -0.39 is 11.8 Å². The van der Waals surface area contributed by atoms with Crippen LogP contribution in [0.15, 0.2) is 24.3 Å². The monoisotopic (exact) mass is 300 g/mol. The highest BCUT2D eigenvalue weighted by molar-refractivity contribution is 6.34. The molecule has 1 aromatic heterocycles. The molecule has 0 atom stereocenters. The number of halogens is 3. The summed E-state index contributed by atoms with van der Waals surface area (Å²) < 4.78 is 18.2. The first-order chi connectivity index (χ1) is 9.04. The van der Waals surface area contributed by atoms with Crippen LogP contribution in [0, 0.1) is 5.82 Å². The topological polar surface area (TPSA) is 52.1 Å². The summed E-state index contributed by atoms with van der Waals surface area (Å²) in [5.41, 5.74) is 0.0797. The van der Waals surface area contributed by atoms with E-state index in [9.17, 15) is 9.18 Å². The van der Waals surface area contributed by atoms with E-state index in [1.807, 2.05) is 0 Å². The van der Waals surface area contributed by atoms with Crippen LogP contribution < -0.4 is 0 Å². The number of nitrogens with zero attached hydrogens (tertiary/aromatic N) is 2. The Hall–Kier alpha value is -1.72. The molecule has 0 saturated heterocycles. The summed E-state index contributed by atoms with van der Waals surface area (Å²) in [5.74, 6) is -1.27. The number of carbonyl (C=O) groups excluding carboxylic acids is 1. The summed E-state index contributed by atoms with van der Waals surface area (Å²) in [6.45, 7) is 0. The lowest BCUT2D eigenvalue weighted by molar-refractivity contribution is 0.0593. The number of benzene rings is 1. The van der Waals surface area contributed by atoms with Crippen molar-refractivity contribution in [3.63, 3.8) is 0 Å². The number of esters is 1. The summed E-state index contributed by atoms with van der Waals surface area (Å²) in [5, 5.41) is 7.55. The smallest absolute Gasteiger partial charge is 0.360 e. The minimum atomic E-state index is -0.719. The predicted molar refractivity (Wildman–Crippen MR) is 68.8 cm³/mol. The SMILES string of the molecule is COC(=O)c1nnc(-c2c(F)cccc2Cl)cc1Cl. The van der Waals surface area contributed by atoms with Gasteiger partial charge in [0, 0.05) is 0 Å². The van der Waals surface area contributed by atoms with Crippen molar-refractivity contribution in [1.82, 2.24) is 10.2 Å². The maximum atomic E-state index is 13.7. The average molecular weight is 301 g/mol. The first-order valence-electron chi connectivity index (χ1n) is 5.10. The van der Waals surface area contributed by atoms with Gasteiger partial charge in [0.25, 0.3) is 0 Å². The van der Waals surface area contributed by atoms with Crippen LogP contribution in [0.5, 0.6) is 0 Å². The highest BCUT2D eigenvalue weighted by Gasteiger charge is 2.17. The number of carbonyl (C=O) groups is 1. The molecule has 0 radical (unpaired) electrons. The molecule has 0 bridgehead atoms. The average Bonchev–Trinajstić information content (AvgIpc) is 2.38. The van der Waals surface area contributed by atoms with Crippen LogP contribution in [0.25, 0.3) is 11.3 Å². The third-order valence-electron chi connectivity index (χ3n) is 2.35. The summed E-state index contributed by atoms with van der Waals surface area (Å²) in [6.07, 6.45) is 0. The zero-order valence-electron chi connectivity index (χ0n) is 9.65. The Kier molecular flexibility index (Phi) is 3.97. The van der Waals surface area contributed by atoms with Crippen LogP contribution in [0.1, 0.15) is 10.5 Å². The van der Waals surface area contributed by atoms with Crippen molar-refractivity contribution >= 4 is 29.2 Å². The van der Waals surface area contributed by atoms with Gasteiger partial charge in [-0.05, 0) is 18.2 Å². The molecular formula is C12H7Cl2FN2O2. The lowest BCUT2D eigenvalue weighted by Gasteiger charge is -2.06. The molecule has 0 aliphatic rings. The zero-order valence-corrected chi connectivity index (χ0v) is 11.2. The van der Waals surface area contributed by atoms with E-state index in [0.717, 1.165) is 0 Å². The molecular weight excluding hydrogens is 294 g/mol. The second kappa shape index (κ2) is 5.50. The second-order valence-corrected chi connectivity index (χ2v) is 4.33.